The molecular formula is C14H13FN4O. The molecule has 0 atom stereocenters. The number of carbonyl (C=O) groups is 1. The van der Waals surface area contributed by atoms with Crippen molar-refractivity contribution < 1.29 is 9.18 Å². The second kappa shape index (κ2) is 4.48. The molecule has 102 valence electrons. The van der Waals surface area contributed by atoms with Gasteiger partial charge in [-0.15, -0.1) is 0 Å². The van der Waals surface area contributed by atoms with Crippen LogP contribution in [0.1, 0.15) is 16.1 Å². The Bertz CT molecular complexity index is 776. The SMILES string of the molecule is Cc1c(F)ccc2[nH]c(C(=O)N(C)c3cn[nH]c3)cc12. The number of nitrogens with zero attached hydrogens (tertiary/aromatic N) is 2. The van der Waals surface area contributed by atoms with E-state index >= 15 is 0 Å². The highest BCUT2D eigenvalue weighted by atomic mass is 19.1. The molecule has 0 bridgehead atoms. The minimum absolute atomic E-state index is 0.206. The maximum atomic E-state index is 13.5. The van der Waals surface area contributed by atoms with E-state index in [0.717, 1.165) is 5.52 Å². The van der Waals surface area contributed by atoms with Gasteiger partial charge in [0.15, 0.2) is 0 Å². The zero-order chi connectivity index (χ0) is 14.3. The molecule has 3 aromatic rings. The van der Waals surface area contributed by atoms with Crippen LogP contribution in [0.15, 0.2) is 30.6 Å². The molecule has 0 unspecified atom stereocenters. The van der Waals surface area contributed by atoms with E-state index < -0.39 is 0 Å². The number of hydrogen-bond acceptors (Lipinski definition) is 2. The quantitative estimate of drug-likeness (QED) is 0.753. The molecule has 0 radical (unpaired) electrons. The van der Waals surface area contributed by atoms with Crippen molar-refractivity contribution in [2.75, 3.05) is 11.9 Å². The van der Waals surface area contributed by atoms with Crippen molar-refractivity contribution in [3.05, 3.63) is 47.7 Å². The Labute approximate surface area is 114 Å². The smallest absolute Gasteiger partial charge is 0.274 e. The van der Waals surface area contributed by atoms with Crippen molar-refractivity contribution in [3.63, 3.8) is 0 Å². The molecule has 1 amide bonds. The van der Waals surface area contributed by atoms with Gasteiger partial charge in [0.1, 0.15) is 11.5 Å². The first-order chi connectivity index (χ1) is 9.58. The predicted octanol–water partition coefficient (Wildman–Crippen LogP) is 2.62. The lowest BCUT2D eigenvalue weighted by atomic mass is 10.1. The van der Waals surface area contributed by atoms with Crippen molar-refractivity contribution in [2.24, 2.45) is 0 Å². The third kappa shape index (κ3) is 1.85. The van der Waals surface area contributed by atoms with E-state index in [4.69, 9.17) is 0 Å². The molecular weight excluding hydrogens is 259 g/mol. The molecule has 20 heavy (non-hydrogen) atoms. The summed E-state index contributed by atoms with van der Waals surface area (Å²) < 4.78 is 13.5. The Kier molecular flexibility index (Phi) is 2.78. The lowest BCUT2D eigenvalue weighted by Crippen LogP contribution is -2.26. The van der Waals surface area contributed by atoms with Crippen molar-refractivity contribution in [2.45, 2.75) is 6.92 Å². The Hall–Kier alpha value is -2.63. The fourth-order valence-electron chi connectivity index (χ4n) is 2.16. The number of anilines is 1. The van der Waals surface area contributed by atoms with Gasteiger partial charge in [-0.3, -0.25) is 9.89 Å². The number of amides is 1. The van der Waals surface area contributed by atoms with Crippen LogP contribution in [0.4, 0.5) is 10.1 Å². The summed E-state index contributed by atoms with van der Waals surface area (Å²) in [4.78, 5) is 16.9. The highest BCUT2D eigenvalue weighted by Gasteiger charge is 2.17. The maximum absolute atomic E-state index is 13.5. The van der Waals surface area contributed by atoms with Gasteiger partial charge < -0.3 is 9.88 Å². The molecule has 3 rings (SSSR count). The Morgan fingerprint density at radius 2 is 2.20 bits per heavy atom. The Morgan fingerprint density at radius 3 is 2.90 bits per heavy atom. The number of carbonyl (C=O) groups excluding carboxylic acids is 1. The van der Waals surface area contributed by atoms with Crippen LogP contribution in [0, 0.1) is 12.7 Å². The van der Waals surface area contributed by atoms with Crippen molar-refractivity contribution in [1.82, 2.24) is 15.2 Å². The highest BCUT2D eigenvalue weighted by molar-refractivity contribution is 6.07. The molecule has 0 fully saturated rings. The number of aromatic nitrogens is 3. The second-order valence-corrected chi connectivity index (χ2v) is 4.64. The first-order valence-electron chi connectivity index (χ1n) is 6.12. The monoisotopic (exact) mass is 272 g/mol. The van der Waals surface area contributed by atoms with Crippen LogP contribution in [-0.2, 0) is 0 Å². The summed E-state index contributed by atoms with van der Waals surface area (Å²) in [6.45, 7) is 1.69. The summed E-state index contributed by atoms with van der Waals surface area (Å²) in [5.41, 5.74) is 2.35. The third-order valence-corrected chi connectivity index (χ3v) is 3.41. The minimum Gasteiger partial charge on any atom is -0.351 e. The summed E-state index contributed by atoms with van der Waals surface area (Å²) in [5, 5.41) is 7.18. The molecule has 0 aliphatic heterocycles. The van der Waals surface area contributed by atoms with E-state index in [1.54, 1.807) is 38.5 Å². The van der Waals surface area contributed by atoms with Crippen LogP contribution in [0.25, 0.3) is 10.9 Å². The summed E-state index contributed by atoms with van der Waals surface area (Å²) >= 11 is 0. The number of H-pyrrole nitrogens is 2. The van der Waals surface area contributed by atoms with Gasteiger partial charge >= 0.3 is 0 Å². The van der Waals surface area contributed by atoms with Crippen LogP contribution in [0.3, 0.4) is 0 Å². The minimum atomic E-state index is -0.279. The highest BCUT2D eigenvalue weighted by Crippen LogP contribution is 2.23. The zero-order valence-electron chi connectivity index (χ0n) is 11.1. The molecule has 2 aromatic heterocycles. The van der Waals surface area contributed by atoms with Crippen molar-refractivity contribution in [1.29, 1.82) is 0 Å². The summed E-state index contributed by atoms with van der Waals surface area (Å²) in [6, 6.07) is 4.70. The summed E-state index contributed by atoms with van der Waals surface area (Å²) in [6.07, 6.45) is 3.19. The summed E-state index contributed by atoms with van der Waals surface area (Å²) in [5.74, 6) is -0.485. The van der Waals surface area contributed by atoms with Gasteiger partial charge in [0.2, 0.25) is 0 Å². The number of nitrogens with one attached hydrogen (secondary N) is 2. The molecule has 0 aliphatic rings. The van der Waals surface area contributed by atoms with Crippen LogP contribution >= 0.6 is 0 Å². The topological polar surface area (TPSA) is 64.8 Å². The average Bonchev–Trinajstić information content (AvgIpc) is 3.10. The van der Waals surface area contributed by atoms with Crippen molar-refractivity contribution in [3.8, 4) is 0 Å². The van der Waals surface area contributed by atoms with Gasteiger partial charge in [-0.1, -0.05) is 0 Å². The lowest BCUT2D eigenvalue weighted by Gasteiger charge is -2.13. The van der Waals surface area contributed by atoms with Crippen LogP contribution in [0.5, 0.6) is 0 Å². The number of aromatic amines is 2. The fraction of sp³-hybridized carbons (Fsp3) is 0.143. The summed E-state index contributed by atoms with van der Waals surface area (Å²) in [7, 11) is 1.66. The molecule has 1 aromatic carbocycles. The number of benzene rings is 1. The number of aryl methyl sites for hydroxylation is 1. The van der Waals surface area contributed by atoms with Gasteiger partial charge in [0.05, 0.1) is 11.9 Å². The number of fused-ring (bicyclic) bond motifs is 1. The molecule has 2 heterocycles. The van der Waals surface area contributed by atoms with Gasteiger partial charge in [-0.25, -0.2) is 4.39 Å². The van der Waals surface area contributed by atoms with E-state index in [1.165, 1.54) is 11.0 Å². The molecule has 0 spiro atoms. The van der Waals surface area contributed by atoms with Gasteiger partial charge in [0, 0.05) is 24.1 Å². The molecule has 5 nitrogen and oxygen atoms in total. The van der Waals surface area contributed by atoms with E-state index in [9.17, 15) is 9.18 Å². The van der Waals surface area contributed by atoms with Crippen LogP contribution in [-0.4, -0.2) is 28.1 Å². The van der Waals surface area contributed by atoms with Gasteiger partial charge in [-0.2, -0.15) is 5.10 Å². The van der Waals surface area contributed by atoms with E-state index in [1.807, 2.05) is 0 Å². The first-order valence-corrected chi connectivity index (χ1v) is 6.12. The largest absolute Gasteiger partial charge is 0.351 e. The second-order valence-electron chi connectivity index (χ2n) is 4.64. The first kappa shape index (κ1) is 12.4. The average molecular weight is 272 g/mol. The molecule has 2 N–H and O–H groups in total. The molecule has 6 heteroatoms. The van der Waals surface area contributed by atoms with E-state index in [-0.39, 0.29) is 11.7 Å². The number of halogens is 1. The zero-order valence-corrected chi connectivity index (χ0v) is 11.1. The molecule has 0 aliphatic carbocycles. The lowest BCUT2D eigenvalue weighted by molar-refractivity contribution is 0.0989. The van der Waals surface area contributed by atoms with Gasteiger partial charge in [-0.05, 0) is 30.7 Å². The number of rotatable bonds is 2. The normalized spacial score (nSPS) is 10.9. The Morgan fingerprint density at radius 1 is 1.40 bits per heavy atom. The van der Waals surface area contributed by atoms with Gasteiger partial charge in [0.25, 0.3) is 5.91 Å². The fourth-order valence-corrected chi connectivity index (χ4v) is 2.16. The maximum Gasteiger partial charge on any atom is 0.274 e. The molecule has 0 saturated carbocycles. The van der Waals surface area contributed by atoms with E-state index in [0.29, 0.717) is 22.3 Å². The molecule has 0 saturated heterocycles. The van der Waals surface area contributed by atoms with E-state index in [2.05, 4.69) is 15.2 Å². The Balaban J connectivity index is 2.02. The number of hydrogen-bond donors (Lipinski definition) is 2. The van der Waals surface area contributed by atoms with Crippen LogP contribution < -0.4 is 4.90 Å². The van der Waals surface area contributed by atoms with Crippen molar-refractivity contribution >= 4 is 22.5 Å². The predicted molar refractivity (Wildman–Crippen MR) is 74.3 cm³/mol. The third-order valence-electron chi connectivity index (χ3n) is 3.41. The van der Waals surface area contributed by atoms with Crippen LogP contribution in [0.2, 0.25) is 0 Å². The standard InChI is InChI=1S/C14H13FN4O/c1-8-10-5-13(18-12(10)4-3-11(8)15)14(20)19(2)9-6-16-17-7-9/h3-7,18H,1-2H3,(H,16,17).